The smallest absolute Gasteiger partial charge is 0.307 e. The van der Waals surface area contributed by atoms with E-state index >= 15 is 0 Å². The molecule has 0 unspecified atom stereocenters. The number of esters is 1. The molecular formula is C24H27FN4O3. The Labute approximate surface area is 186 Å². The van der Waals surface area contributed by atoms with E-state index in [1.807, 2.05) is 44.2 Å². The van der Waals surface area contributed by atoms with E-state index in [4.69, 9.17) is 14.7 Å². The summed E-state index contributed by atoms with van der Waals surface area (Å²) >= 11 is 0. The first-order valence-corrected chi connectivity index (χ1v) is 10.4. The zero-order valence-corrected chi connectivity index (χ0v) is 18.4. The summed E-state index contributed by atoms with van der Waals surface area (Å²) in [6.07, 6.45) is 0.162. The van der Waals surface area contributed by atoms with E-state index < -0.39 is 5.41 Å². The van der Waals surface area contributed by atoms with Crippen molar-refractivity contribution in [2.24, 2.45) is 0 Å². The molecule has 7 nitrogen and oxygen atoms in total. The monoisotopic (exact) mass is 438 g/mol. The van der Waals surface area contributed by atoms with E-state index in [0.29, 0.717) is 23.7 Å². The Kier molecular flexibility index (Phi) is 7.25. The molecule has 1 heterocycles. The number of nitrogens with zero attached hydrogens (tertiary/aromatic N) is 1. The lowest BCUT2D eigenvalue weighted by molar-refractivity contribution is -0.142. The molecule has 0 fully saturated rings. The first-order chi connectivity index (χ1) is 15.3. The largest absolute Gasteiger partial charge is 0.466 e. The lowest BCUT2D eigenvalue weighted by atomic mass is 9.81. The molecule has 0 saturated carbocycles. The molecule has 8 heteroatoms. The van der Waals surface area contributed by atoms with Gasteiger partial charge in [0.25, 0.3) is 0 Å². The van der Waals surface area contributed by atoms with Gasteiger partial charge in [0.1, 0.15) is 5.82 Å². The van der Waals surface area contributed by atoms with E-state index in [1.54, 1.807) is 25.1 Å². The highest BCUT2D eigenvalue weighted by Crippen LogP contribution is 2.33. The van der Waals surface area contributed by atoms with Crippen LogP contribution in [-0.4, -0.2) is 30.2 Å². The van der Waals surface area contributed by atoms with Crippen LogP contribution in [0.15, 0.2) is 59.1 Å². The van der Waals surface area contributed by atoms with E-state index in [2.05, 4.69) is 15.8 Å². The van der Waals surface area contributed by atoms with Crippen molar-refractivity contribution >= 4 is 17.8 Å². The fraction of sp³-hybridized carbons (Fsp3) is 0.292. The molecule has 0 spiro atoms. The van der Waals surface area contributed by atoms with Gasteiger partial charge in [-0.3, -0.25) is 15.5 Å². The summed E-state index contributed by atoms with van der Waals surface area (Å²) in [7, 11) is 0. The van der Waals surface area contributed by atoms with Crippen LogP contribution < -0.4 is 10.6 Å². The maximum absolute atomic E-state index is 14.1. The number of carbonyl (C=O) groups excluding carboxylic acids is 1. The maximum atomic E-state index is 14.1. The molecule has 3 N–H and O–H groups in total. The van der Waals surface area contributed by atoms with Crippen LogP contribution in [0.4, 0.5) is 10.3 Å². The van der Waals surface area contributed by atoms with Crippen LogP contribution in [0.1, 0.15) is 38.4 Å². The molecule has 2 aromatic carbocycles. The standard InChI is InChI=1S/C24H27FN4O3/c1-4-31-22(30)13-14-27-23(26)28-21-15-20(29-32-21)24(2,3)17-11-9-16(10-12-17)18-7-5-6-8-19(18)25/h5-12,15H,4,13-14H2,1-3H3,(H3,26,27,28). The number of ether oxygens (including phenoxy) is 1. The van der Waals surface area contributed by atoms with Crippen molar-refractivity contribution in [1.82, 2.24) is 10.5 Å². The van der Waals surface area contributed by atoms with Crippen LogP contribution in [-0.2, 0) is 14.9 Å². The number of guanidine groups is 1. The van der Waals surface area contributed by atoms with Crippen LogP contribution in [0.3, 0.4) is 0 Å². The second-order valence-electron chi connectivity index (χ2n) is 7.74. The maximum Gasteiger partial charge on any atom is 0.307 e. The summed E-state index contributed by atoms with van der Waals surface area (Å²) in [5.41, 5.74) is 2.54. The number of aromatic nitrogens is 1. The van der Waals surface area contributed by atoms with Crippen LogP contribution >= 0.6 is 0 Å². The summed E-state index contributed by atoms with van der Waals surface area (Å²) in [5, 5.41) is 17.6. The number of halogens is 1. The minimum atomic E-state index is -0.475. The highest BCUT2D eigenvalue weighted by Gasteiger charge is 2.27. The van der Waals surface area contributed by atoms with Gasteiger partial charge in [0, 0.05) is 23.6 Å². The molecule has 0 saturated heterocycles. The van der Waals surface area contributed by atoms with Gasteiger partial charge < -0.3 is 14.6 Å². The lowest BCUT2D eigenvalue weighted by Crippen LogP contribution is -2.31. The van der Waals surface area contributed by atoms with Crippen molar-refractivity contribution in [2.45, 2.75) is 32.6 Å². The summed E-state index contributed by atoms with van der Waals surface area (Å²) in [5.74, 6) is -0.281. The Morgan fingerprint density at radius 1 is 1.19 bits per heavy atom. The number of carbonyl (C=O) groups is 1. The second kappa shape index (κ2) is 10.1. The molecule has 0 bridgehead atoms. The van der Waals surface area contributed by atoms with Gasteiger partial charge in [-0.05, 0) is 24.1 Å². The average molecular weight is 439 g/mol. The van der Waals surface area contributed by atoms with Crippen molar-refractivity contribution < 1.29 is 18.4 Å². The molecule has 3 rings (SSSR count). The Bertz CT molecular complexity index is 1080. The quantitative estimate of drug-likeness (QED) is 0.268. The van der Waals surface area contributed by atoms with Crippen LogP contribution in [0.5, 0.6) is 0 Å². The lowest BCUT2D eigenvalue weighted by Gasteiger charge is -2.22. The third-order valence-corrected chi connectivity index (χ3v) is 5.13. The van der Waals surface area contributed by atoms with Gasteiger partial charge in [-0.2, -0.15) is 0 Å². The molecule has 0 aliphatic carbocycles. The first-order valence-electron chi connectivity index (χ1n) is 10.4. The summed E-state index contributed by atoms with van der Waals surface area (Å²) in [6, 6.07) is 16.1. The number of benzene rings is 2. The van der Waals surface area contributed by atoms with Crippen LogP contribution in [0.2, 0.25) is 0 Å². The molecule has 3 aromatic rings. The molecule has 0 radical (unpaired) electrons. The van der Waals surface area contributed by atoms with Gasteiger partial charge in [-0.15, -0.1) is 0 Å². The second-order valence-corrected chi connectivity index (χ2v) is 7.74. The summed E-state index contributed by atoms with van der Waals surface area (Å²) in [4.78, 5) is 11.3. The van der Waals surface area contributed by atoms with Crippen molar-refractivity contribution in [3.8, 4) is 11.1 Å². The van der Waals surface area contributed by atoms with Gasteiger partial charge in [-0.1, -0.05) is 61.5 Å². The zero-order valence-electron chi connectivity index (χ0n) is 18.4. The summed E-state index contributed by atoms with van der Waals surface area (Å²) < 4.78 is 24.2. The highest BCUT2D eigenvalue weighted by atomic mass is 19.1. The fourth-order valence-corrected chi connectivity index (χ4v) is 3.23. The minimum absolute atomic E-state index is 0.0101. The Hall–Kier alpha value is -3.68. The van der Waals surface area contributed by atoms with Crippen molar-refractivity contribution in [3.05, 3.63) is 71.7 Å². The SMILES string of the molecule is CCOC(=O)CCNC(=N)Nc1cc(C(C)(C)c2ccc(-c3ccccc3F)cc2)no1. The van der Waals surface area contributed by atoms with E-state index in [9.17, 15) is 9.18 Å². The number of rotatable bonds is 8. The Balaban J connectivity index is 1.63. The summed E-state index contributed by atoms with van der Waals surface area (Å²) in [6.45, 7) is 6.36. The van der Waals surface area contributed by atoms with Gasteiger partial charge >= 0.3 is 5.97 Å². The molecule has 32 heavy (non-hydrogen) atoms. The van der Waals surface area contributed by atoms with Crippen LogP contribution in [0, 0.1) is 11.2 Å². The number of anilines is 1. The molecule has 0 aliphatic rings. The minimum Gasteiger partial charge on any atom is -0.466 e. The van der Waals surface area contributed by atoms with Crippen molar-refractivity contribution in [2.75, 3.05) is 18.5 Å². The molecular weight excluding hydrogens is 411 g/mol. The van der Waals surface area contributed by atoms with Gasteiger partial charge in [0.2, 0.25) is 5.88 Å². The number of nitrogens with one attached hydrogen (secondary N) is 3. The Morgan fingerprint density at radius 2 is 1.91 bits per heavy atom. The Morgan fingerprint density at radius 3 is 2.59 bits per heavy atom. The molecule has 0 amide bonds. The van der Waals surface area contributed by atoms with E-state index in [-0.39, 0.29) is 30.7 Å². The van der Waals surface area contributed by atoms with Gasteiger partial charge in [-0.25, -0.2) is 4.39 Å². The van der Waals surface area contributed by atoms with E-state index in [1.165, 1.54) is 6.07 Å². The fourth-order valence-electron chi connectivity index (χ4n) is 3.23. The molecule has 0 atom stereocenters. The van der Waals surface area contributed by atoms with Gasteiger partial charge in [0.15, 0.2) is 5.96 Å². The average Bonchev–Trinajstić information content (AvgIpc) is 3.24. The highest BCUT2D eigenvalue weighted by molar-refractivity contribution is 5.90. The molecule has 0 aliphatic heterocycles. The van der Waals surface area contributed by atoms with Crippen molar-refractivity contribution in [3.63, 3.8) is 0 Å². The molecule has 168 valence electrons. The third kappa shape index (κ3) is 5.51. The molecule has 1 aromatic heterocycles. The van der Waals surface area contributed by atoms with E-state index in [0.717, 1.165) is 11.1 Å². The topological polar surface area (TPSA) is 100 Å². The first kappa shape index (κ1) is 23.0. The van der Waals surface area contributed by atoms with Crippen LogP contribution in [0.25, 0.3) is 11.1 Å². The normalized spacial score (nSPS) is 11.1. The van der Waals surface area contributed by atoms with Gasteiger partial charge in [0.05, 0.1) is 18.7 Å². The number of hydrogen-bond acceptors (Lipinski definition) is 5. The van der Waals surface area contributed by atoms with Crippen molar-refractivity contribution in [1.29, 1.82) is 5.41 Å². The zero-order chi connectivity index (χ0) is 23.1. The number of hydrogen-bond donors (Lipinski definition) is 3. The predicted octanol–water partition coefficient (Wildman–Crippen LogP) is 4.70. The predicted molar refractivity (Wildman–Crippen MR) is 121 cm³/mol. The third-order valence-electron chi connectivity index (χ3n) is 5.13.